The maximum atomic E-state index is 6.41. The van der Waals surface area contributed by atoms with E-state index >= 15 is 0 Å². The number of thioether (sulfide) groups is 1. The zero-order chi connectivity index (χ0) is 24.8. The zero-order valence-corrected chi connectivity index (χ0v) is 22.0. The van der Waals surface area contributed by atoms with Crippen LogP contribution in [-0.4, -0.2) is 33.0 Å². The highest BCUT2D eigenvalue weighted by molar-refractivity contribution is 8.14. The van der Waals surface area contributed by atoms with E-state index in [1.54, 1.807) is 18.1 Å². The topological polar surface area (TPSA) is 68.6 Å². The summed E-state index contributed by atoms with van der Waals surface area (Å²) in [4.78, 5) is 13.7. The van der Waals surface area contributed by atoms with Gasteiger partial charge in [0.2, 0.25) is 0 Å². The molecule has 7 heteroatoms. The van der Waals surface area contributed by atoms with Gasteiger partial charge in [-0.3, -0.25) is 0 Å². The smallest absolute Gasteiger partial charge is 0.158 e. The van der Waals surface area contributed by atoms with Crippen molar-refractivity contribution in [3.8, 4) is 28.4 Å². The maximum Gasteiger partial charge on any atom is 0.158 e. The molecule has 2 aliphatic heterocycles. The molecular weight excluding hydrogens is 456 g/mol. The van der Waals surface area contributed by atoms with Crippen molar-refractivity contribution in [2.75, 3.05) is 12.4 Å². The predicted molar refractivity (Wildman–Crippen MR) is 142 cm³/mol. The number of aromatic nitrogens is 2. The Balaban J connectivity index is 1.64. The van der Waals surface area contributed by atoms with Gasteiger partial charge < -0.3 is 14.8 Å². The minimum absolute atomic E-state index is 0.0640. The second kappa shape index (κ2) is 8.55. The van der Waals surface area contributed by atoms with Crippen LogP contribution in [0.25, 0.3) is 11.1 Å². The monoisotopic (exact) mass is 488 g/mol. The van der Waals surface area contributed by atoms with Gasteiger partial charge in [-0.2, -0.15) is 0 Å². The summed E-state index contributed by atoms with van der Waals surface area (Å²) in [6.45, 7) is 13.6. The molecular formula is C28H32N4O2S. The van der Waals surface area contributed by atoms with Crippen LogP contribution in [-0.2, 0) is 5.54 Å². The number of ether oxygens (including phenoxy) is 2. The van der Waals surface area contributed by atoms with Crippen molar-refractivity contribution in [3.63, 3.8) is 0 Å². The van der Waals surface area contributed by atoms with E-state index in [1.165, 1.54) is 0 Å². The molecule has 35 heavy (non-hydrogen) atoms. The highest BCUT2D eigenvalue weighted by Crippen LogP contribution is 2.54. The van der Waals surface area contributed by atoms with Crippen molar-refractivity contribution in [1.82, 2.24) is 15.3 Å². The average molecular weight is 489 g/mol. The fourth-order valence-corrected chi connectivity index (χ4v) is 5.54. The second-order valence-corrected chi connectivity index (χ2v) is 12.4. The Bertz CT molecular complexity index is 1280. The predicted octanol–water partition coefficient (Wildman–Crippen LogP) is 6.41. The Morgan fingerprint density at radius 1 is 0.943 bits per heavy atom. The second-order valence-electron chi connectivity index (χ2n) is 11.4. The van der Waals surface area contributed by atoms with Gasteiger partial charge >= 0.3 is 0 Å². The van der Waals surface area contributed by atoms with Crippen LogP contribution in [0.2, 0.25) is 0 Å². The molecule has 3 aromatic rings. The molecule has 1 N–H and O–H groups in total. The molecule has 3 heterocycles. The van der Waals surface area contributed by atoms with Gasteiger partial charge in [-0.1, -0.05) is 38.6 Å². The highest BCUT2D eigenvalue weighted by Gasteiger charge is 2.47. The lowest BCUT2D eigenvalue weighted by atomic mass is 9.81. The Morgan fingerprint density at radius 3 is 2.31 bits per heavy atom. The quantitative estimate of drug-likeness (QED) is 0.459. The molecule has 0 amide bonds. The Morgan fingerprint density at radius 2 is 1.63 bits per heavy atom. The average Bonchev–Trinajstić information content (AvgIpc) is 3.20. The van der Waals surface area contributed by atoms with Crippen LogP contribution in [0.4, 0.5) is 0 Å². The minimum Gasteiger partial charge on any atom is -0.493 e. The van der Waals surface area contributed by atoms with Crippen LogP contribution in [0.1, 0.15) is 52.7 Å². The number of hydrogen-bond donors (Lipinski definition) is 1. The largest absolute Gasteiger partial charge is 0.493 e. The van der Waals surface area contributed by atoms with Crippen LogP contribution < -0.4 is 14.8 Å². The Labute approximate surface area is 211 Å². The van der Waals surface area contributed by atoms with Crippen molar-refractivity contribution >= 4 is 16.9 Å². The summed E-state index contributed by atoms with van der Waals surface area (Å²) in [5, 5.41) is 4.51. The van der Waals surface area contributed by atoms with E-state index in [0.29, 0.717) is 6.61 Å². The number of rotatable bonds is 3. The van der Waals surface area contributed by atoms with Crippen LogP contribution in [0.5, 0.6) is 17.2 Å². The van der Waals surface area contributed by atoms with E-state index in [9.17, 15) is 0 Å². The molecule has 1 spiro atoms. The standard InChI is InChI=1S/C28H32N4O2S/c1-26(2,3)15-33-20-8-10-24-22(12-20)28(16-35-25(32-28)31-27(4,5)6)21-11-18(7-9-23(21)34-24)19-13-29-17-30-14-19/h7-14,17H,15-16H2,1-6H3,(H,31,32). The van der Waals surface area contributed by atoms with Crippen LogP contribution in [0.15, 0.2) is 60.1 Å². The molecule has 0 bridgehead atoms. The fraction of sp³-hybridized carbons (Fsp3) is 0.393. The number of nitrogens with zero attached hydrogens (tertiary/aromatic N) is 3. The van der Waals surface area contributed by atoms with Crippen LogP contribution in [0, 0.1) is 5.41 Å². The van der Waals surface area contributed by atoms with E-state index in [2.05, 4.69) is 75.0 Å². The Kier molecular flexibility index (Phi) is 5.79. The molecule has 0 radical (unpaired) electrons. The van der Waals surface area contributed by atoms with Gasteiger partial charge in [-0.25, -0.2) is 15.0 Å². The molecule has 1 unspecified atom stereocenters. The first-order valence-corrected chi connectivity index (χ1v) is 12.9. The van der Waals surface area contributed by atoms with Gasteiger partial charge in [0.1, 0.15) is 29.1 Å². The van der Waals surface area contributed by atoms with Gasteiger partial charge in [0, 0.05) is 40.4 Å². The lowest BCUT2D eigenvalue weighted by Crippen LogP contribution is -2.39. The first-order chi connectivity index (χ1) is 16.5. The molecule has 5 rings (SSSR count). The number of aliphatic imine (C=N–C) groups is 1. The van der Waals surface area contributed by atoms with Gasteiger partial charge in [0.15, 0.2) is 5.17 Å². The molecule has 1 aromatic heterocycles. The highest BCUT2D eigenvalue weighted by atomic mass is 32.2. The first kappa shape index (κ1) is 23.7. The van der Waals surface area contributed by atoms with Crippen LogP contribution >= 0.6 is 11.8 Å². The maximum absolute atomic E-state index is 6.41. The number of benzene rings is 2. The summed E-state index contributed by atoms with van der Waals surface area (Å²) in [7, 11) is 0. The number of fused-ring (bicyclic) bond motifs is 4. The van der Waals surface area contributed by atoms with Crippen molar-refractivity contribution in [1.29, 1.82) is 0 Å². The van der Waals surface area contributed by atoms with Crippen LogP contribution in [0.3, 0.4) is 0 Å². The van der Waals surface area contributed by atoms with Gasteiger partial charge in [0.25, 0.3) is 0 Å². The fourth-order valence-electron chi connectivity index (χ4n) is 4.22. The molecule has 0 aliphatic carbocycles. The molecule has 1 atom stereocenters. The SMILES string of the molecule is CC(C)(C)COc1ccc2c(c1)C1(CSC(NC(C)(C)C)=N1)c1cc(-c3cncnc3)ccc1O2. The van der Waals surface area contributed by atoms with E-state index in [1.807, 2.05) is 30.6 Å². The van der Waals surface area contributed by atoms with E-state index in [0.717, 1.165) is 50.4 Å². The third-order valence-corrected chi connectivity index (χ3v) is 6.83. The summed E-state index contributed by atoms with van der Waals surface area (Å²) in [6, 6.07) is 12.3. The summed E-state index contributed by atoms with van der Waals surface area (Å²) in [5.74, 6) is 3.24. The lowest BCUT2D eigenvalue weighted by Gasteiger charge is -2.35. The van der Waals surface area contributed by atoms with Crippen molar-refractivity contribution in [2.24, 2.45) is 10.4 Å². The molecule has 2 aliphatic rings. The van der Waals surface area contributed by atoms with Crippen molar-refractivity contribution in [3.05, 3.63) is 66.2 Å². The lowest BCUT2D eigenvalue weighted by molar-refractivity contribution is 0.197. The van der Waals surface area contributed by atoms with E-state index in [4.69, 9.17) is 14.5 Å². The summed E-state index contributed by atoms with van der Waals surface area (Å²) >= 11 is 1.74. The van der Waals surface area contributed by atoms with Crippen molar-refractivity contribution in [2.45, 2.75) is 52.6 Å². The molecule has 2 aromatic carbocycles. The number of nitrogens with one attached hydrogen (secondary N) is 1. The first-order valence-electron chi connectivity index (χ1n) is 11.9. The normalized spacial score (nSPS) is 19.0. The minimum atomic E-state index is -0.589. The molecule has 0 saturated carbocycles. The van der Waals surface area contributed by atoms with Gasteiger partial charge in [-0.15, -0.1) is 0 Å². The summed E-state index contributed by atoms with van der Waals surface area (Å²) < 4.78 is 12.6. The van der Waals surface area contributed by atoms with Gasteiger partial charge in [-0.05, 0) is 62.1 Å². The van der Waals surface area contributed by atoms with E-state index in [-0.39, 0.29) is 11.0 Å². The third kappa shape index (κ3) is 4.87. The third-order valence-electron chi connectivity index (χ3n) is 5.80. The van der Waals surface area contributed by atoms with Crippen molar-refractivity contribution < 1.29 is 9.47 Å². The van der Waals surface area contributed by atoms with Gasteiger partial charge in [0.05, 0.1) is 6.61 Å². The molecule has 6 nitrogen and oxygen atoms in total. The molecule has 0 saturated heterocycles. The zero-order valence-electron chi connectivity index (χ0n) is 21.2. The number of hydrogen-bond acceptors (Lipinski definition) is 7. The molecule has 182 valence electrons. The Hall–Kier alpha value is -3.06. The summed E-state index contributed by atoms with van der Waals surface area (Å²) in [6.07, 6.45) is 5.21. The summed E-state index contributed by atoms with van der Waals surface area (Å²) in [5.41, 5.74) is 3.44. The number of amidine groups is 1. The van der Waals surface area contributed by atoms with E-state index < -0.39 is 5.54 Å². The molecule has 0 fully saturated rings.